The quantitative estimate of drug-likeness (QED) is 0.338. The van der Waals surface area contributed by atoms with Gasteiger partial charge in [0.1, 0.15) is 22.5 Å². The van der Waals surface area contributed by atoms with Gasteiger partial charge in [-0.1, -0.05) is 29.6 Å². The monoisotopic (exact) mass is 607 g/mol. The molecule has 0 radical (unpaired) electrons. The Balaban J connectivity index is 1.14. The van der Waals surface area contributed by atoms with Crippen molar-refractivity contribution < 1.29 is 14.3 Å². The summed E-state index contributed by atoms with van der Waals surface area (Å²) in [5.41, 5.74) is 2.10. The molecule has 0 spiro atoms. The summed E-state index contributed by atoms with van der Waals surface area (Å²) >= 11 is 2.84. The number of aliphatic hydroxyl groups is 1. The van der Waals surface area contributed by atoms with Crippen LogP contribution in [0.2, 0.25) is 0 Å². The summed E-state index contributed by atoms with van der Waals surface area (Å²) in [5, 5.41) is 25.9. The number of aliphatic hydroxyl groups excluding tert-OH is 1. The maximum absolute atomic E-state index is 13.5. The van der Waals surface area contributed by atoms with Crippen LogP contribution in [-0.2, 0) is 11.2 Å². The normalized spacial score (nSPS) is 20.7. The number of rotatable bonds is 7. The van der Waals surface area contributed by atoms with Gasteiger partial charge in [0.2, 0.25) is 16.0 Å². The number of thiazole rings is 1. The number of amides is 1. The summed E-state index contributed by atoms with van der Waals surface area (Å²) in [6.07, 6.45) is 2.42. The van der Waals surface area contributed by atoms with E-state index in [0.29, 0.717) is 47.3 Å². The lowest BCUT2D eigenvalue weighted by atomic mass is 10.1. The highest BCUT2D eigenvalue weighted by Gasteiger charge is 2.43. The Kier molecular flexibility index (Phi) is 6.85. The van der Waals surface area contributed by atoms with Gasteiger partial charge in [-0.3, -0.25) is 9.69 Å². The smallest absolute Gasteiger partial charge is 0.236 e. The van der Waals surface area contributed by atoms with Gasteiger partial charge in [-0.2, -0.15) is 9.78 Å². The molecule has 1 aromatic carbocycles. The van der Waals surface area contributed by atoms with Crippen LogP contribution in [0.25, 0.3) is 16.2 Å². The van der Waals surface area contributed by atoms with Gasteiger partial charge in [0, 0.05) is 50.9 Å². The number of nitriles is 1. The first-order valence-corrected chi connectivity index (χ1v) is 15.7. The molecule has 3 fully saturated rings. The highest BCUT2D eigenvalue weighted by atomic mass is 32.1. The maximum Gasteiger partial charge on any atom is 0.236 e. The second kappa shape index (κ2) is 10.6. The number of benzene rings is 1. The number of carbonyl (C=O) groups excluding carboxylic acids is 1. The SMILES string of the molecule is CCc1nc2sc(N3CC4CCC(C3)N4CC(=O)N3CC(O)C3)nn2c1N(C)c1nc(-c2ccc(F)cc2)c(C#N)s1. The van der Waals surface area contributed by atoms with Gasteiger partial charge in [-0.15, -0.1) is 5.10 Å². The number of halogens is 1. The Morgan fingerprint density at radius 2 is 1.86 bits per heavy atom. The van der Waals surface area contributed by atoms with E-state index in [9.17, 15) is 19.6 Å². The fourth-order valence-electron chi connectivity index (χ4n) is 6.21. The van der Waals surface area contributed by atoms with E-state index >= 15 is 0 Å². The van der Waals surface area contributed by atoms with Crippen LogP contribution >= 0.6 is 22.7 Å². The lowest BCUT2D eigenvalue weighted by molar-refractivity contribution is -0.143. The van der Waals surface area contributed by atoms with Crippen molar-refractivity contribution in [2.75, 3.05) is 49.6 Å². The van der Waals surface area contributed by atoms with E-state index in [1.54, 1.807) is 28.4 Å². The summed E-state index contributed by atoms with van der Waals surface area (Å²) in [7, 11) is 1.91. The summed E-state index contributed by atoms with van der Waals surface area (Å²) in [6.45, 7) is 4.94. The minimum absolute atomic E-state index is 0.0995. The molecular formula is C28H30FN9O2S2. The number of hydrogen-bond donors (Lipinski definition) is 1. The third-order valence-corrected chi connectivity index (χ3v) is 10.5. The van der Waals surface area contributed by atoms with E-state index in [1.165, 1.54) is 23.5 Å². The number of aryl methyl sites for hydroxylation is 1. The van der Waals surface area contributed by atoms with Gasteiger partial charge in [-0.25, -0.2) is 14.4 Å². The third kappa shape index (κ3) is 4.60. The van der Waals surface area contributed by atoms with E-state index in [2.05, 4.69) is 22.8 Å². The van der Waals surface area contributed by atoms with Crippen molar-refractivity contribution >= 4 is 49.6 Å². The molecule has 0 aliphatic carbocycles. The van der Waals surface area contributed by atoms with E-state index in [0.717, 1.165) is 47.5 Å². The number of carbonyl (C=O) groups is 1. The van der Waals surface area contributed by atoms with Crippen molar-refractivity contribution in [3.8, 4) is 17.3 Å². The first-order chi connectivity index (χ1) is 20.3. The van der Waals surface area contributed by atoms with Crippen LogP contribution in [0.1, 0.15) is 30.3 Å². The van der Waals surface area contributed by atoms with Gasteiger partial charge in [0.05, 0.1) is 18.3 Å². The van der Waals surface area contributed by atoms with Crippen molar-refractivity contribution in [2.45, 2.75) is 44.4 Å². The molecule has 14 heteroatoms. The molecule has 3 aliphatic heterocycles. The van der Waals surface area contributed by atoms with Crippen LogP contribution in [0.15, 0.2) is 24.3 Å². The van der Waals surface area contributed by atoms with Gasteiger partial charge in [-0.05, 0) is 43.5 Å². The van der Waals surface area contributed by atoms with Crippen molar-refractivity contribution in [2.24, 2.45) is 0 Å². The zero-order valence-electron chi connectivity index (χ0n) is 23.3. The Labute approximate surface area is 250 Å². The lowest BCUT2D eigenvalue weighted by Gasteiger charge is -2.42. The predicted octanol–water partition coefficient (Wildman–Crippen LogP) is 3.11. The number of hydrogen-bond acceptors (Lipinski definition) is 11. The van der Waals surface area contributed by atoms with Crippen LogP contribution < -0.4 is 9.80 Å². The van der Waals surface area contributed by atoms with Gasteiger partial charge >= 0.3 is 0 Å². The lowest BCUT2D eigenvalue weighted by Crippen LogP contribution is -2.60. The van der Waals surface area contributed by atoms with E-state index < -0.39 is 0 Å². The van der Waals surface area contributed by atoms with E-state index in [1.807, 2.05) is 16.5 Å². The number of piperazine rings is 1. The minimum Gasteiger partial charge on any atom is -0.389 e. The maximum atomic E-state index is 13.5. The first-order valence-electron chi connectivity index (χ1n) is 14.1. The molecule has 11 nitrogen and oxygen atoms in total. The molecule has 1 amide bonds. The topological polar surface area (TPSA) is 117 Å². The number of β-amino-alcohol motifs (C(OH)–C–C–N with tert-alkyl or cyclic N) is 1. The van der Waals surface area contributed by atoms with Crippen molar-refractivity contribution in [1.82, 2.24) is 29.4 Å². The zero-order valence-corrected chi connectivity index (χ0v) is 24.9. The molecule has 42 heavy (non-hydrogen) atoms. The number of anilines is 3. The molecule has 6 heterocycles. The Morgan fingerprint density at radius 3 is 2.50 bits per heavy atom. The second-order valence-corrected chi connectivity index (χ2v) is 13.0. The molecule has 218 valence electrons. The third-order valence-electron chi connectivity index (χ3n) is 8.45. The molecule has 3 saturated heterocycles. The number of fused-ring (bicyclic) bond motifs is 3. The summed E-state index contributed by atoms with van der Waals surface area (Å²) in [4.78, 5) is 31.9. The van der Waals surface area contributed by atoms with E-state index in [-0.39, 0.29) is 29.9 Å². The highest BCUT2D eigenvalue weighted by molar-refractivity contribution is 7.20. The number of likely N-dealkylation sites (tertiary alicyclic amines) is 1. The van der Waals surface area contributed by atoms with Gasteiger partial charge < -0.3 is 19.8 Å². The van der Waals surface area contributed by atoms with Crippen LogP contribution in [0.3, 0.4) is 0 Å². The molecule has 0 saturated carbocycles. The fraction of sp³-hybridized carbons (Fsp3) is 0.464. The molecule has 4 aromatic rings. The molecule has 2 unspecified atom stereocenters. The molecule has 3 aliphatic rings. The molecule has 3 aromatic heterocycles. The first kappa shape index (κ1) is 27.2. The number of nitrogens with zero attached hydrogens (tertiary/aromatic N) is 9. The van der Waals surface area contributed by atoms with Crippen LogP contribution in [-0.4, -0.2) is 98.4 Å². The largest absolute Gasteiger partial charge is 0.389 e. The van der Waals surface area contributed by atoms with Crippen molar-refractivity contribution in [1.29, 1.82) is 5.26 Å². The average Bonchev–Trinajstić information content (AvgIpc) is 3.71. The zero-order chi connectivity index (χ0) is 29.1. The predicted molar refractivity (Wildman–Crippen MR) is 159 cm³/mol. The standard InChI is InChI=1S/C28H30FN9O2S2/c1-3-21-25(34(2)26-32-24(22(10-30)41-26)16-4-6-17(29)7-5-16)38-27(31-21)42-28(33-38)36-11-18-8-9-19(12-36)37(18)15-23(40)35-13-20(39)14-35/h4-7,18-20,39H,3,8-9,11-15H2,1-2H3. The van der Waals surface area contributed by atoms with Crippen LogP contribution in [0, 0.1) is 17.1 Å². The summed E-state index contributed by atoms with van der Waals surface area (Å²) < 4.78 is 15.4. The molecule has 2 atom stereocenters. The molecule has 1 N–H and O–H groups in total. The van der Waals surface area contributed by atoms with Gasteiger partial charge in [0.25, 0.3) is 0 Å². The summed E-state index contributed by atoms with van der Waals surface area (Å²) in [6, 6.07) is 8.81. The fourth-order valence-corrected chi connectivity index (χ4v) is 7.99. The van der Waals surface area contributed by atoms with Crippen LogP contribution in [0.4, 0.5) is 20.5 Å². The number of aromatic nitrogens is 4. The molecular weight excluding hydrogens is 578 g/mol. The van der Waals surface area contributed by atoms with Crippen molar-refractivity contribution in [3.63, 3.8) is 0 Å². The Bertz CT molecular complexity index is 1670. The summed E-state index contributed by atoms with van der Waals surface area (Å²) in [5.74, 6) is 0.569. The highest BCUT2D eigenvalue weighted by Crippen LogP contribution is 2.39. The second-order valence-electron chi connectivity index (χ2n) is 11.1. The number of imidazole rings is 1. The van der Waals surface area contributed by atoms with E-state index in [4.69, 9.17) is 15.1 Å². The van der Waals surface area contributed by atoms with Gasteiger partial charge in [0.15, 0.2) is 10.9 Å². The molecule has 7 rings (SSSR count). The average molecular weight is 608 g/mol. The minimum atomic E-state index is -0.385. The Hall–Kier alpha value is -3.64. The Morgan fingerprint density at radius 1 is 1.14 bits per heavy atom. The van der Waals surface area contributed by atoms with Crippen LogP contribution in [0.5, 0.6) is 0 Å². The van der Waals surface area contributed by atoms with Crippen molar-refractivity contribution in [3.05, 3.63) is 40.7 Å². The molecule has 2 bridgehead atoms.